The largest absolute Gasteiger partial charge is 0.385 e. The molecule has 2 rings (SSSR count). The van der Waals surface area contributed by atoms with Crippen molar-refractivity contribution < 1.29 is 13.2 Å². The number of nitrogens with one attached hydrogen (secondary N) is 1. The Morgan fingerprint density at radius 1 is 1.30 bits per heavy atom. The van der Waals surface area contributed by atoms with Gasteiger partial charge in [-0.3, -0.25) is 0 Å². The normalized spacial score (nSPS) is 17.1. The SMILES string of the molecule is COCCC1(CNS(=O)(=O)c2ccc(CBr)cc2)CC1. The molecule has 20 heavy (non-hydrogen) atoms. The van der Waals surface area contributed by atoms with Crippen LogP contribution in [0.5, 0.6) is 0 Å². The number of alkyl halides is 1. The first-order valence-corrected chi connectivity index (χ1v) is 9.25. The fraction of sp³-hybridized carbons (Fsp3) is 0.571. The van der Waals surface area contributed by atoms with Gasteiger partial charge in [0.05, 0.1) is 4.90 Å². The maximum absolute atomic E-state index is 12.2. The van der Waals surface area contributed by atoms with Gasteiger partial charge in [0.25, 0.3) is 0 Å². The second kappa shape index (κ2) is 6.56. The molecule has 0 aliphatic heterocycles. The third-order valence-corrected chi connectivity index (χ3v) is 5.88. The molecule has 0 aromatic heterocycles. The number of ether oxygens (including phenoxy) is 1. The minimum absolute atomic E-state index is 0.110. The Balaban J connectivity index is 1.97. The first-order valence-electron chi connectivity index (χ1n) is 6.65. The molecule has 4 nitrogen and oxygen atoms in total. The minimum atomic E-state index is -3.41. The molecule has 1 fully saturated rings. The van der Waals surface area contributed by atoms with Crippen molar-refractivity contribution in [3.63, 3.8) is 0 Å². The zero-order valence-corrected chi connectivity index (χ0v) is 14.0. The van der Waals surface area contributed by atoms with Crippen LogP contribution in [0.3, 0.4) is 0 Å². The Kier molecular flexibility index (Phi) is 5.23. The highest BCUT2D eigenvalue weighted by atomic mass is 79.9. The van der Waals surface area contributed by atoms with E-state index < -0.39 is 10.0 Å². The minimum Gasteiger partial charge on any atom is -0.385 e. The first kappa shape index (κ1) is 15.9. The molecule has 1 aliphatic rings. The molecule has 6 heteroatoms. The number of sulfonamides is 1. The van der Waals surface area contributed by atoms with Crippen LogP contribution in [0, 0.1) is 5.41 Å². The molecule has 0 unspecified atom stereocenters. The van der Waals surface area contributed by atoms with Gasteiger partial charge >= 0.3 is 0 Å². The van der Waals surface area contributed by atoms with Crippen LogP contribution in [-0.2, 0) is 20.1 Å². The van der Waals surface area contributed by atoms with Crippen molar-refractivity contribution in [2.75, 3.05) is 20.3 Å². The lowest BCUT2D eigenvalue weighted by Crippen LogP contribution is -2.30. The monoisotopic (exact) mass is 361 g/mol. The number of hydrogen-bond donors (Lipinski definition) is 1. The van der Waals surface area contributed by atoms with E-state index in [1.165, 1.54) is 0 Å². The van der Waals surface area contributed by atoms with Crippen molar-refractivity contribution in [2.45, 2.75) is 29.5 Å². The van der Waals surface area contributed by atoms with Crippen LogP contribution in [0.2, 0.25) is 0 Å². The molecule has 1 aliphatic carbocycles. The summed E-state index contributed by atoms with van der Waals surface area (Å²) in [7, 11) is -1.74. The van der Waals surface area contributed by atoms with Gasteiger partial charge in [-0.1, -0.05) is 28.1 Å². The van der Waals surface area contributed by atoms with Gasteiger partial charge < -0.3 is 4.74 Å². The molecular formula is C14H20BrNO3S. The fourth-order valence-electron chi connectivity index (χ4n) is 2.10. The molecular weight excluding hydrogens is 342 g/mol. The molecule has 0 heterocycles. The maximum atomic E-state index is 12.2. The lowest BCUT2D eigenvalue weighted by atomic mass is 10.0. The number of rotatable bonds is 8. The number of benzene rings is 1. The van der Waals surface area contributed by atoms with Crippen molar-refractivity contribution in [3.05, 3.63) is 29.8 Å². The summed E-state index contributed by atoms with van der Waals surface area (Å²) in [5.41, 5.74) is 1.17. The zero-order valence-electron chi connectivity index (χ0n) is 11.6. The van der Waals surface area contributed by atoms with Gasteiger partial charge in [-0.2, -0.15) is 0 Å². The average Bonchev–Trinajstić information content (AvgIpc) is 3.24. The standard InChI is InChI=1S/C14H20BrNO3S/c1-19-9-8-14(6-7-14)11-16-20(17,18)13-4-2-12(10-15)3-5-13/h2-5,16H,6-11H2,1H3. The Morgan fingerprint density at radius 2 is 1.95 bits per heavy atom. The van der Waals surface area contributed by atoms with Gasteiger partial charge in [-0.05, 0) is 42.4 Å². The van der Waals surface area contributed by atoms with Gasteiger partial charge in [-0.15, -0.1) is 0 Å². The van der Waals surface area contributed by atoms with Crippen LogP contribution in [-0.4, -0.2) is 28.7 Å². The summed E-state index contributed by atoms with van der Waals surface area (Å²) in [6.45, 7) is 1.18. The summed E-state index contributed by atoms with van der Waals surface area (Å²) in [5, 5.41) is 0.723. The highest BCUT2D eigenvalue weighted by Crippen LogP contribution is 2.48. The molecule has 1 aromatic rings. The molecule has 0 saturated heterocycles. The van der Waals surface area contributed by atoms with Gasteiger partial charge in [0, 0.05) is 25.6 Å². The lowest BCUT2D eigenvalue weighted by molar-refractivity contribution is 0.173. The van der Waals surface area contributed by atoms with E-state index in [2.05, 4.69) is 20.7 Å². The van der Waals surface area contributed by atoms with E-state index in [4.69, 9.17) is 4.74 Å². The average molecular weight is 362 g/mol. The van der Waals surface area contributed by atoms with E-state index in [0.29, 0.717) is 18.0 Å². The Hall–Kier alpha value is -0.430. The summed E-state index contributed by atoms with van der Waals surface area (Å²) in [6, 6.07) is 6.93. The van der Waals surface area contributed by atoms with Crippen molar-refractivity contribution in [2.24, 2.45) is 5.41 Å². The quantitative estimate of drug-likeness (QED) is 0.724. The van der Waals surface area contributed by atoms with Crippen molar-refractivity contribution >= 4 is 26.0 Å². The van der Waals surface area contributed by atoms with Crippen LogP contribution in [0.15, 0.2) is 29.2 Å². The first-order chi connectivity index (χ1) is 9.51. The zero-order chi connectivity index (χ0) is 14.6. The molecule has 0 radical (unpaired) electrons. The van der Waals surface area contributed by atoms with E-state index in [9.17, 15) is 8.42 Å². The lowest BCUT2D eigenvalue weighted by Gasteiger charge is -2.15. The molecule has 112 valence electrons. The maximum Gasteiger partial charge on any atom is 0.240 e. The Morgan fingerprint density at radius 3 is 2.45 bits per heavy atom. The smallest absolute Gasteiger partial charge is 0.240 e. The summed E-state index contributed by atoms with van der Waals surface area (Å²) in [5.74, 6) is 0. The van der Waals surface area contributed by atoms with E-state index in [1.807, 2.05) is 12.1 Å². The van der Waals surface area contributed by atoms with Gasteiger partial charge in [-0.25, -0.2) is 13.1 Å². The topological polar surface area (TPSA) is 55.4 Å². The number of halogens is 1. The third kappa shape index (κ3) is 4.04. The molecule has 0 atom stereocenters. The second-order valence-electron chi connectivity index (χ2n) is 5.34. The van der Waals surface area contributed by atoms with Gasteiger partial charge in [0.2, 0.25) is 10.0 Å². The van der Waals surface area contributed by atoms with Crippen LogP contribution >= 0.6 is 15.9 Å². The van der Waals surface area contributed by atoms with E-state index in [-0.39, 0.29) is 5.41 Å². The predicted molar refractivity (Wildman–Crippen MR) is 82.4 cm³/mol. The van der Waals surface area contributed by atoms with E-state index in [0.717, 1.165) is 30.2 Å². The molecule has 0 spiro atoms. The molecule has 0 amide bonds. The fourth-order valence-corrected chi connectivity index (χ4v) is 3.63. The van der Waals surface area contributed by atoms with Crippen LogP contribution in [0.4, 0.5) is 0 Å². The van der Waals surface area contributed by atoms with E-state index >= 15 is 0 Å². The van der Waals surface area contributed by atoms with Crippen LogP contribution in [0.25, 0.3) is 0 Å². The number of hydrogen-bond acceptors (Lipinski definition) is 3. The van der Waals surface area contributed by atoms with Crippen molar-refractivity contribution in [3.8, 4) is 0 Å². The summed E-state index contributed by atoms with van der Waals surface area (Å²) < 4.78 is 32.3. The molecule has 1 aromatic carbocycles. The van der Waals surface area contributed by atoms with Gasteiger partial charge in [0.1, 0.15) is 0 Å². The second-order valence-corrected chi connectivity index (χ2v) is 7.67. The summed E-state index contributed by atoms with van der Waals surface area (Å²) in [6.07, 6.45) is 3.05. The molecule has 1 saturated carbocycles. The van der Waals surface area contributed by atoms with Gasteiger partial charge in [0.15, 0.2) is 0 Å². The highest BCUT2D eigenvalue weighted by Gasteiger charge is 2.42. The number of methoxy groups -OCH3 is 1. The highest BCUT2D eigenvalue weighted by molar-refractivity contribution is 9.08. The van der Waals surface area contributed by atoms with Crippen molar-refractivity contribution in [1.82, 2.24) is 4.72 Å². The Labute approximate surface area is 129 Å². The summed E-state index contributed by atoms with van der Waals surface area (Å²) >= 11 is 3.34. The van der Waals surface area contributed by atoms with E-state index in [1.54, 1.807) is 19.2 Å². The summed E-state index contributed by atoms with van der Waals surface area (Å²) in [4.78, 5) is 0.324. The third-order valence-electron chi connectivity index (χ3n) is 3.82. The molecule has 1 N–H and O–H groups in total. The van der Waals surface area contributed by atoms with Crippen LogP contribution < -0.4 is 4.72 Å². The molecule has 0 bridgehead atoms. The van der Waals surface area contributed by atoms with Crippen molar-refractivity contribution in [1.29, 1.82) is 0 Å². The Bertz CT molecular complexity index is 538. The van der Waals surface area contributed by atoms with Crippen LogP contribution in [0.1, 0.15) is 24.8 Å². The predicted octanol–water partition coefficient (Wildman–Crippen LogP) is 2.68.